The van der Waals surface area contributed by atoms with Crippen molar-refractivity contribution in [1.29, 1.82) is 0 Å². The van der Waals surface area contributed by atoms with Gasteiger partial charge in [0.15, 0.2) is 0 Å². The number of nitrogens with zero attached hydrogens (tertiary/aromatic N) is 1. The number of hydrogen-bond acceptors (Lipinski definition) is 5. The van der Waals surface area contributed by atoms with E-state index >= 15 is 0 Å². The highest BCUT2D eigenvalue weighted by molar-refractivity contribution is 5.96. The largest absolute Gasteiger partial charge is 0.497 e. The van der Waals surface area contributed by atoms with Gasteiger partial charge in [0.05, 0.1) is 21.3 Å². The van der Waals surface area contributed by atoms with Crippen molar-refractivity contribution in [3.8, 4) is 17.2 Å². The van der Waals surface area contributed by atoms with E-state index in [4.69, 9.17) is 18.9 Å². The molecule has 5 nitrogen and oxygen atoms in total. The van der Waals surface area contributed by atoms with Crippen LogP contribution in [-0.2, 0) is 4.74 Å². The van der Waals surface area contributed by atoms with Gasteiger partial charge in [-0.15, -0.1) is 0 Å². The summed E-state index contributed by atoms with van der Waals surface area (Å²) in [6.45, 7) is 1.36. The first-order valence-corrected chi connectivity index (χ1v) is 10.5. The maximum atomic E-state index is 6.43. The Hall–Kier alpha value is -3.44. The molecule has 0 N–H and O–H groups in total. The van der Waals surface area contributed by atoms with Crippen molar-refractivity contribution in [1.82, 2.24) is 4.90 Å². The van der Waals surface area contributed by atoms with Crippen LogP contribution in [0.4, 0.5) is 0 Å². The average Bonchev–Trinajstić information content (AvgIpc) is 2.84. The van der Waals surface area contributed by atoms with Gasteiger partial charge in [0.2, 0.25) is 0 Å². The van der Waals surface area contributed by atoms with Crippen LogP contribution in [0.5, 0.6) is 17.2 Å². The standard InChI is InChI=1S/C27H31NO4/c1-28(2)18-19-32-27(22-10-16-25(31-5)17-11-22)26(20-6-12-23(29-3)13-7-20)21-8-14-24(30-4)15-9-21/h6-17H,18-19H2,1-5H3. The highest BCUT2D eigenvalue weighted by Crippen LogP contribution is 2.35. The van der Waals surface area contributed by atoms with Crippen molar-refractivity contribution in [3.63, 3.8) is 0 Å². The Morgan fingerprint density at radius 2 is 0.969 bits per heavy atom. The smallest absolute Gasteiger partial charge is 0.135 e. The van der Waals surface area contributed by atoms with Gasteiger partial charge in [0.25, 0.3) is 0 Å². The fourth-order valence-corrected chi connectivity index (χ4v) is 3.32. The third-order valence-corrected chi connectivity index (χ3v) is 5.12. The van der Waals surface area contributed by atoms with Crippen LogP contribution in [0.2, 0.25) is 0 Å². The highest BCUT2D eigenvalue weighted by Gasteiger charge is 2.17. The molecule has 0 bridgehead atoms. The molecule has 0 saturated heterocycles. The van der Waals surface area contributed by atoms with Gasteiger partial charge in [-0.25, -0.2) is 0 Å². The van der Waals surface area contributed by atoms with Crippen LogP contribution < -0.4 is 14.2 Å². The predicted molar refractivity (Wildman–Crippen MR) is 129 cm³/mol. The second-order valence-electron chi connectivity index (χ2n) is 7.54. The molecule has 0 saturated carbocycles. The van der Waals surface area contributed by atoms with Crippen molar-refractivity contribution >= 4 is 11.3 Å². The van der Waals surface area contributed by atoms with Gasteiger partial charge < -0.3 is 23.8 Å². The quantitative estimate of drug-likeness (QED) is 0.324. The molecule has 5 heteroatoms. The van der Waals surface area contributed by atoms with Crippen molar-refractivity contribution in [3.05, 3.63) is 89.5 Å². The Morgan fingerprint density at radius 3 is 1.31 bits per heavy atom. The first kappa shape index (κ1) is 23.2. The Kier molecular flexibility index (Phi) is 8.17. The lowest BCUT2D eigenvalue weighted by Gasteiger charge is -2.20. The van der Waals surface area contributed by atoms with Crippen molar-refractivity contribution in [2.24, 2.45) is 0 Å². The van der Waals surface area contributed by atoms with E-state index in [1.807, 2.05) is 62.6 Å². The summed E-state index contributed by atoms with van der Waals surface area (Å²) < 4.78 is 22.5. The Labute approximate surface area is 190 Å². The fraction of sp³-hybridized carbons (Fsp3) is 0.259. The van der Waals surface area contributed by atoms with E-state index in [1.54, 1.807) is 21.3 Å². The molecule has 0 radical (unpaired) electrons. The maximum absolute atomic E-state index is 6.43. The lowest BCUT2D eigenvalue weighted by atomic mass is 9.94. The van der Waals surface area contributed by atoms with Crippen LogP contribution in [0, 0.1) is 0 Å². The number of likely N-dealkylation sites (N-methyl/N-ethyl adjacent to an activating group) is 1. The number of hydrogen-bond donors (Lipinski definition) is 0. The molecule has 0 spiro atoms. The second-order valence-corrected chi connectivity index (χ2v) is 7.54. The zero-order chi connectivity index (χ0) is 22.9. The van der Waals surface area contributed by atoms with E-state index < -0.39 is 0 Å². The fourth-order valence-electron chi connectivity index (χ4n) is 3.32. The van der Waals surface area contributed by atoms with E-state index in [0.29, 0.717) is 6.61 Å². The summed E-state index contributed by atoms with van der Waals surface area (Å²) >= 11 is 0. The van der Waals surface area contributed by atoms with Gasteiger partial charge in [0, 0.05) is 17.7 Å². The van der Waals surface area contributed by atoms with Crippen LogP contribution >= 0.6 is 0 Å². The second kappa shape index (κ2) is 11.3. The monoisotopic (exact) mass is 433 g/mol. The lowest BCUT2D eigenvalue weighted by molar-refractivity contribution is 0.233. The van der Waals surface area contributed by atoms with Gasteiger partial charge >= 0.3 is 0 Å². The van der Waals surface area contributed by atoms with Crippen molar-refractivity contribution in [2.45, 2.75) is 0 Å². The zero-order valence-electron chi connectivity index (χ0n) is 19.4. The van der Waals surface area contributed by atoms with E-state index in [0.717, 1.165) is 51.8 Å². The molecule has 0 atom stereocenters. The summed E-state index contributed by atoms with van der Waals surface area (Å²) in [5.74, 6) is 3.23. The molecule has 3 aromatic rings. The summed E-state index contributed by atoms with van der Waals surface area (Å²) in [4.78, 5) is 2.10. The molecule has 0 unspecified atom stereocenters. The van der Waals surface area contributed by atoms with E-state index in [9.17, 15) is 0 Å². The molecule has 0 aromatic heterocycles. The van der Waals surface area contributed by atoms with Crippen molar-refractivity contribution < 1.29 is 18.9 Å². The van der Waals surface area contributed by atoms with E-state index in [-0.39, 0.29) is 0 Å². The zero-order valence-corrected chi connectivity index (χ0v) is 19.4. The molecule has 0 amide bonds. The predicted octanol–water partition coefficient (Wildman–Crippen LogP) is 5.21. The molecule has 0 heterocycles. The van der Waals surface area contributed by atoms with Crippen LogP contribution in [0.25, 0.3) is 11.3 Å². The lowest BCUT2D eigenvalue weighted by Crippen LogP contribution is -2.18. The Morgan fingerprint density at radius 1 is 0.594 bits per heavy atom. The molecular formula is C27H31NO4. The first-order valence-electron chi connectivity index (χ1n) is 10.5. The van der Waals surface area contributed by atoms with Crippen LogP contribution in [0.3, 0.4) is 0 Å². The van der Waals surface area contributed by atoms with Crippen molar-refractivity contribution in [2.75, 3.05) is 48.6 Å². The molecule has 32 heavy (non-hydrogen) atoms. The molecular weight excluding hydrogens is 402 g/mol. The van der Waals surface area contributed by atoms with E-state index in [2.05, 4.69) is 29.2 Å². The first-order chi connectivity index (χ1) is 15.5. The van der Waals surface area contributed by atoms with Gasteiger partial charge in [-0.05, 0) is 73.8 Å². The molecule has 0 fully saturated rings. The van der Waals surface area contributed by atoms with Gasteiger partial charge in [0.1, 0.15) is 29.6 Å². The minimum Gasteiger partial charge on any atom is -0.497 e. The molecule has 168 valence electrons. The third-order valence-electron chi connectivity index (χ3n) is 5.12. The maximum Gasteiger partial charge on any atom is 0.135 e. The number of methoxy groups -OCH3 is 3. The Bertz CT molecular complexity index is 958. The molecule has 3 rings (SSSR count). The summed E-state index contributed by atoms with van der Waals surface area (Å²) in [6.07, 6.45) is 0. The third kappa shape index (κ3) is 5.83. The van der Waals surface area contributed by atoms with Crippen LogP contribution in [0.15, 0.2) is 72.8 Å². The number of rotatable bonds is 10. The topological polar surface area (TPSA) is 40.2 Å². The highest BCUT2D eigenvalue weighted by atomic mass is 16.5. The molecule has 3 aromatic carbocycles. The summed E-state index contributed by atoms with van der Waals surface area (Å²) in [6, 6.07) is 24.0. The molecule has 0 aliphatic rings. The molecule has 0 aliphatic heterocycles. The van der Waals surface area contributed by atoms with Gasteiger partial charge in [-0.2, -0.15) is 0 Å². The van der Waals surface area contributed by atoms with Gasteiger partial charge in [-0.3, -0.25) is 0 Å². The van der Waals surface area contributed by atoms with E-state index in [1.165, 1.54) is 0 Å². The molecule has 0 aliphatic carbocycles. The summed E-state index contributed by atoms with van der Waals surface area (Å²) in [7, 11) is 9.08. The Balaban J connectivity index is 2.19. The summed E-state index contributed by atoms with van der Waals surface area (Å²) in [5.41, 5.74) is 4.05. The summed E-state index contributed by atoms with van der Waals surface area (Å²) in [5, 5.41) is 0. The van der Waals surface area contributed by atoms with Gasteiger partial charge in [-0.1, -0.05) is 24.3 Å². The minimum absolute atomic E-state index is 0.560. The number of ether oxygens (including phenoxy) is 4. The SMILES string of the molecule is COc1ccc(C(OCCN(C)C)=C(c2ccc(OC)cc2)c2ccc(OC)cc2)cc1. The van der Waals surface area contributed by atoms with Crippen LogP contribution in [0.1, 0.15) is 16.7 Å². The van der Waals surface area contributed by atoms with Crippen LogP contribution in [-0.4, -0.2) is 53.5 Å². The normalized spacial score (nSPS) is 10.6. The number of benzene rings is 3. The minimum atomic E-state index is 0.560. The average molecular weight is 434 g/mol.